The maximum atomic E-state index is 13.5. The fourth-order valence-electron chi connectivity index (χ4n) is 4.26. The third kappa shape index (κ3) is 14.2. The Labute approximate surface area is 476 Å². The predicted octanol–water partition coefficient (Wildman–Crippen LogP) is -12.5. The van der Waals surface area contributed by atoms with Crippen LogP contribution in [0, 0.1) is 6.92 Å². The van der Waals surface area contributed by atoms with E-state index in [2.05, 4.69) is 18.6 Å². The van der Waals surface area contributed by atoms with Crippen molar-refractivity contribution in [2.24, 2.45) is 5.10 Å². The van der Waals surface area contributed by atoms with Gasteiger partial charge in [-0.15, -0.1) is 0 Å². The van der Waals surface area contributed by atoms with E-state index in [0.29, 0.717) is 21.8 Å². The Balaban J connectivity index is 0.00000676. The van der Waals surface area contributed by atoms with Crippen molar-refractivity contribution < 1.29 is 272 Å². The van der Waals surface area contributed by atoms with Crippen LogP contribution in [-0.2, 0) is 57.3 Å². The average Bonchev–Trinajstić information content (AvgIpc) is 3.46. The third-order valence-corrected chi connectivity index (χ3v) is 8.61. The van der Waals surface area contributed by atoms with Crippen LogP contribution in [0.5, 0.6) is 11.5 Å². The molecule has 0 spiro atoms. The molecule has 28 heteroatoms. The van der Waals surface area contributed by atoms with E-state index in [4.69, 9.17) is 4.74 Å². The Morgan fingerprint density at radius 3 is 1.85 bits per heavy atom. The molecular formula is C25H18K4N4O16S4. The first kappa shape index (κ1) is 54.7. The summed E-state index contributed by atoms with van der Waals surface area (Å²) in [6, 6.07) is 4.55. The summed E-state index contributed by atoms with van der Waals surface area (Å²) in [7, 11) is -10.5. The summed E-state index contributed by atoms with van der Waals surface area (Å²) in [5.74, 6) is -3.36. The van der Waals surface area contributed by atoms with Gasteiger partial charge in [0, 0.05) is 17.8 Å². The van der Waals surface area contributed by atoms with Gasteiger partial charge in [-0.2, -0.15) is 10.1 Å². The minimum atomic E-state index is -5.32. The number of H-pyrrole nitrogens is 1. The number of hydrogen-bond acceptors (Lipinski definition) is 17. The van der Waals surface area contributed by atoms with E-state index in [1.807, 2.05) is 0 Å². The molecule has 0 bridgehead atoms. The zero-order valence-corrected chi connectivity index (χ0v) is 44.2. The molecule has 0 radical (unpaired) electrons. The number of amides is 1. The molecule has 20 nitrogen and oxygen atoms in total. The number of hydrazone groups is 1. The van der Waals surface area contributed by atoms with Crippen molar-refractivity contribution in [3.8, 4) is 17.2 Å². The van der Waals surface area contributed by atoms with E-state index >= 15 is 0 Å². The Morgan fingerprint density at radius 2 is 1.38 bits per heavy atom. The van der Waals surface area contributed by atoms with Crippen LogP contribution in [0.15, 0.2) is 73.8 Å². The van der Waals surface area contributed by atoms with E-state index in [9.17, 15) is 57.8 Å². The number of benzene rings is 2. The summed E-state index contributed by atoms with van der Waals surface area (Å²) >= 11 is -6.25. The summed E-state index contributed by atoms with van der Waals surface area (Å²) in [5, 5.41) is 6.64. The minimum Gasteiger partial charge on any atom is -0.744 e. The van der Waals surface area contributed by atoms with Crippen LogP contribution < -0.4 is 224 Å². The zero-order chi connectivity index (χ0) is 36.4. The molecule has 2 aromatic carbocycles. The molecule has 0 saturated carbocycles. The van der Waals surface area contributed by atoms with Crippen molar-refractivity contribution in [1.29, 1.82) is 0 Å². The van der Waals surface area contributed by atoms with Gasteiger partial charge in [0.1, 0.15) is 54.5 Å². The van der Waals surface area contributed by atoms with Crippen LogP contribution in [0.1, 0.15) is 18.2 Å². The smallest absolute Gasteiger partial charge is 0.744 e. The van der Waals surface area contributed by atoms with Crippen molar-refractivity contribution in [2.45, 2.75) is 23.6 Å². The monoisotopic (exact) mass is 914 g/mol. The van der Waals surface area contributed by atoms with Gasteiger partial charge in [-0.05, 0) is 50.3 Å². The molecule has 0 aliphatic carbocycles. The number of rotatable bonds is 12. The van der Waals surface area contributed by atoms with Gasteiger partial charge in [-0.3, -0.25) is 14.7 Å². The number of aromatic amines is 1. The van der Waals surface area contributed by atoms with Gasteiger partial charge in [0.25, 0.3) is 11.5 Å². The van der Waals surface area contributed by atoms with Gasteiger partial charge in [-0.1, -0.05) is 6.08 Å². The molecule has 1 amide bonds. The van der Waals surface area contributed by atoms with Crippen molar-refractivity contribution >= 4 is 72.3 Å². The van der Waals surface area contributed by atoms with E-state index in [0.717, 1.165) is 42.5 Å². The second-order valence-corrected chi connectivity index (χ2v) is 13.1. The number of ether oxygens (including phenoxy) is 1. The molecule has 1 aliphatic rings. The fraction of sp³-hybridized carbons (Fsp3) is 0.120. The Kier molecular flexibility index (Phi) is 24.3. The fourth-order valence-corrected chi connectivity index (χ4v) is 6.06. The van der Waals surface area contributed by atoms with Gasteiger partial charge in [0.05, 0.1) is 38.9 Å². The summed E-state index contributed by atoms with van der Waals surface area (Å²) < 4.78 is 130. The van der Waals surface area contributed by atoms with Crippen molar-refractivity contribution in [1.82, 2.24) is 9.78 Å². The maximum Gasteiger partial charge on any atom is 1.00 e. The molecule has 53 heavy (non-hydrogen) atoms. The minimum absolute atomic E-state index is 0. The molecule has 1 N–H and O–H groups in total. The van der Waals surface area contributed by atoms with Crippen molar-refractivity contribution in [3.05, 3.63) is 75.7 Å². The number of nitrogens with one attached hydrogen (secondary N) is 1. The number of aromatic nitrogens is 2. The van der Waals surface area contributed by atoms with Crippen LogP contribution in [-0.4, -0.2) is 77.4 Å². The first-order valence-corrected chi connectivity index (χ1v) is 17.7. The number of hydrogen-bond donors (Lipinski definition) is 1. The molecular weight excluding hydrogens is 897 g/mol. The predicted molar refractivity (Wildman–Crippen MR) is 161 cm³/mol. The largest absolute Gasteiger partial charge is 1.00 e. The standard InChI is InChI=1S/C25H22N4O16S4.4K/c1-3-43-25(32)22-17(24(31)29(27-22)19-12-15(45-47(35)36)8-10-21(19)49(40,41)42)6-4-5-16-13(2)26-28(23(16)30)18-11-14(44-46(33)34)7-9-20(18)48(37,38)39;;;;/h4-12,26H,3H2,1-2H3,(H,33,34)(H,35,36)(H,37,38,39)(H,40,41,42);;;;/q;4*+1/p-4/b5-4?,17-6-;;;;. The van der Waals surface area contributed by atoms with Crippen LogP contribution in [0.25, 0.3) is 11.8 Å². The van der Waals surface area contributed by atoms with Gasteiger partial charge < -0.3 is 31.3 Å². The van der Waals surface area contributed by atoms with Crippen molar-refractivity contribution in [2.75, 3.05) is 11.6 Å². The Bertz CT molecular complexity index is 2310. The van der Waals surface area contributed by atoms with Gasteiger partial charge in [-0.25, -0.2) is 34.7 Å². The molecule has 2 atom stereocenters. The van der Waals surface area contributed by atoms with Gasteiger partial charge in [0.15, 0.2) is 5.71 Å². The molecule has 262 valence electrons. The summed E-state index contributed by atoms with van der Waals surface area (Å²) in [6.07, 6.45) is 3.10. The average molecular weight is 915 g/mol. The molecule has 2 heterocycles. The third-order valence-electron chi connectivity index (χ3n) is 6.19. The Hall–Kier alpha value is 1.73. The quantitative estimate of drug-likeness (QED) is 0.0580. The number of anilines is 1. The molecule has 1 aromatic heterocycles. The van der Waals surface area contributed by atoms with Gasteiger partial charge in [0.2, 0.25) is 0 Å². The second kappa shape index (κ2) is 23.5. The van der Waals surface area contributed by atoms with E-state index in [1.54, 1.807) is 0 Å². The van der Waals surface area contributed by atoms with Crippen LogP contribution in [0.4, 0.5) is 5.69 Å². The summed E-state index contributed by atoms with van der Waals surface area (Å²) in [5.41, 5.74) is -3.73. The van der Waals surface area contributed by atoms with Crippen molar-refractivity contribution in [3.63, 3.8) is 0 Å². The number of carbonyl (C=O) groups excluding carboxylic acids is 2. The number of carbonyl (C=O) groups is 2. The number of aryl methyl sites for hydroxylation is 1. The SMILES string of the molecule is CCOC(=O)C1=NN(c2cc(OS(=O)[O-])ccc2S(=O)(=O)[O-])C(=O)/C1=C\C=Cc1c(C)[nH]n(-c2cc(OS(=O)[O-])ccc2S(=O)(=O)[O-])c1=O.[K+].[K+].[K+].[K+]. The molecule has 3 aromatic rings. The second-order valence-electron chi connectivity index (χ2n) is 9.26. The molecule has 0 saturated heterocycles. The number of esters is 1. The molecule has 2 unspecified atom stereocenters. The molecule has 1 aliphatic heterocycles. The first-order valence-electron chi connectivity index (χ1n) is 12.9. The van der Waals surface area contributed by atoms with Crippen LogP contribution >= 0.6 is 0 Å². The normalized spacial score (nSPS) is 14.6. The van der Waals surface area contributed by atoms with E-state index < -0.39 is 104 Å². The summed E-state index contributed by atoms with van der Waals surface area (Å²) in [6.45, 7) is 2.58. The molecule has 0 fully saturated rings. The Morgan fingerprint density at radius 1 is 0.887 bits per heavy atom. The number of nitrogens with zero attached hydrogens (tertiary/aromatic N) is 3. The number of allylic oxidation sites excluding steroid dienone is 2. The molecule has 4 rings (SSSR count). The summed E-state index contributed by atoms with van der Waals surface area (Å²) in [4.78, 5) is 37.5. The van der Waals surface area contributed by atoms with Crippen LogP contribution in [0.3, 0.4) is 0 Å². The van der Waals surface area contributed by atoms with Gasteiger partial charge >= 0.3 is 212 Å². The maximum absolute atomic E-state index is 13.5. The first-order chi connectivity index (χ1) is 22.8. The van der Waals surface area contributed by atoms with Crippen LogP contribution in [0.2, 0.25) is 0 Å². The topological polar surface area (TPSA) is 310 Å². The zero-order valence-electron chi connectivity index (χ0n) is 28.4. The van der Waals surface area contributed by atoms with E-state index in [-0.39, 0.29) is 223 Å². The van der Waals surface area contributed by atoms with E-state index in [1.165, 1.54) is 13.8 Å².